The van der Waals surface area contributed by atoms with Gasteiger partial charge in [0.05, 0.1) is 31.2 Å². The van der Waals surface area contributed by atoms with Gasteiger partial charge in [-0.2, -0.15) is 0 Å². The standard InChI is InChI=1S/C20H29N3O4/c1-2-5-23-17-4-3-15(20(23)25)11-22(12-17)19(24)16-10-18(27-14-16)13-21-6-8-26-9-7-21/h10,14-15,17H,2-9,11-13H2,1H3/t15-,17+/m0/s1. The van der Waals surface area contributed by atoms with Crippen molar-refractivity contribution in [1.29, 1.82) is 0 Å². The zero-order chi connectivity index (χ0) is 18.8. The first-order valence-corrected chi connectivity index (χ1v) is 10.1. The van der Waals surface area contributed by atoms with Gasteiger partial charge in [0.15, 0.2) is 0 Å². The van der Waals surface area contributed by atoms with Crippen LogP contribution in [-0.4, -0.2) is 78.5 Å². The molecule has 7 heteroatoms. The molecule has 5 heterocycles. The number of piperidine rings is 1. The van der Waals surface area contributed by atoms with Gasteiger partial charge in [-0.25, -0.2) is 0 Å². The molecule has 2 amide bonds. The van der Waals surface area contributed by atoms with E-state index in [4.69, 9.17) is 9.15 Å². The maximum atomic E-state index is 13.1. The predicted octanol–water partition coefficient (Wildman–Crippen LogP) is 1.58. The summed E-state index contributed by atoms with van der Waals surface area (Å²) in [6.07, 6.45) is 4.40. The first-order chi connectivity index (χ1) is 13.2. The van der Waals surface area contributed by atoms with Crippen LogP contribution in [0.15, 0.2) is 16.7 Å². The van der Waals surface area contributed by atoms with E-state index in [1.807, 2.05) is 15.9 Å². The number of carbonyl (C=O) groups excluding carboxylic acids is 2. The highest BCUT2D eigenvalue weighted by atomic mass is 16.5. The summed E-state index contributed by atoms with van der Waals surface area (Å²) in [6.45, 7) is 7.99. The molecule has 0 unspecified atom stereocenters. The third kappa shape index (κ3) is 3.89. The van der Waals surface area contributed by atoms with Crippen molar-refractivity contribution in [2.45, 2.75) is 38.8 Å². The Balaban J connectivity index is 1.43. The molecular formula is C20H29N3O4. The average molecular weight is 375 g/mol. The molecule has 0 saturated carbocycles. The van der Waals surface area contributed by atoms with Gasteiger partial charge in [0.1, 0.15) is 12.0 Å². The summed E-state index contributed by atoms with van der Waals surface area (Å²) >= 11 is 0. The minimum atomic E-state index is -0.0565. The lowest BCUT2D eigenvalue weighted by atomic mass is 9.94. The van der Waals surface area contributed by atoms with E-state index in [0.717, 1.165) is 57.9 Å². The van der Waals surface area contributed by atoms with Crippen LogP contribution >= 0.6 is 0 Å². The number of hydrogen-bond acceptors (Lipinski definition) is 5. The normalized spacial score (nSPS) is 26.5. The van der Waals surface area contributed by atoms with E-state index in [1.54, 1.807) is 6.26 Å². The molecule has 1 aromatic rings. The van der Waals surface area contributed by atoms with Gasteiger partial charge in [-0.15, -0.1) is 0 Å². The molecule has 27 heavy (non-hydrogen) atoms. The van der Waals surface area contributed by atoms with Crippen LogP contribution in [0.3, 0.4) is 0 Å². The van der Waals surface area contributed by atoms with E-state index in [-0.39, 0.29) is 23.8 Å². The van der Waals surface area contributed by atoms with Crippen LogP contribution in [0.1, 0.15) is 42.3 Å². The van der Waals surface area contributed by atoms with Crippen LogP contribution in [0.4, 0.5) is 0 Å². The van der Waals surface area contributed by atoms with Gasteiger partial charge in [-0.3, -0.25) is 14.5 Å². The van der Waals surface area contributed by atoms with Gasteiger partial charge in [-0.05, 0) is 25.3 Å². The van der Waals surface area contributed by atoms with Gasteiger partial charge in [0, 0.05) is 38.8 Å². The largest absolute Gasteiger partial charge is 0.467 e. The summed E-state index contributed by atoms with van der Waals surface area (Å²) in [5.74, 6) is 0.958. The van der Waals surface area contributed by atoms with E-state index in [0.29, 0.717) is 25.2 Å². The van der Waals surface area contributed by atoms with Crippen molar-refractivity contribution in [3.63, 3.8) is 0 Å². The van der Waals surface area contributed by atoms with Crippen molar-refractivity contribution in [2.75, 3.05) is 45.9 Å². The molecule has 0 aliphatic carbocycles. The Kier molecular flexibility index (Phi) is 5.50. The molecule has 4 aliphatic heterocycles. The molecule has 1 aromatic heterocycles. The summed E-state index contributed by atoms with van der Waals surface area (Å²) in [4.78, 5) is 31.9. The molecule has 2 atom stereocenters. The number of morpholine rings is 1. The van der Waals surface area contributed by atoms with Crippen molar-refractivity contribution < 1.29 is 18.7 Å². The fourth-order valence-corrected chi connectivity index (χ4v) is 4.48. The van der Waals surface area contributed by atoms with Gasteiger partial charge >= 0.3 is 0 Å². The Morgan fingerprint density at radius 2 is 2.04 bits per heavy atom. The van der Waals surface area contributed by atoms with Crippen LogP contribution < -0.4 is 0 Å². The Hall–Kier alpha value is -1.86. The van der Waals surface area contributed by atoms with Crippen LogP contribution in [0.5, 0.6) is 0 Å². The zero-order valence-electron chi connectivity index (χ0n) is 16.1. The number of amides is 2. The molecule has 0 radical (unpaired) electrons. The second-order valence-corrected chi connectivity index (χ2v) is 7.86. The number of fused-ring (bicyclic) bond motifs is 4. The lowest BCUT2D eigenvalue weighted by Gasteiger charge is -2.35. The molecule has 0 aromatic carbocycles. The topological polar surface area (TPSA) is 66.2 Å². The number of rotatable bonds is 5. The average Bonchev–Trinajstić information content (AvgIpc) is 2.97. The summed E-state index contributed by atoms with van der Waals surface area (Å²) in [5, 5.41) is 0. The highest BCUT2D eigenvalue weighted by Crippen LogP contribution is 2.30. The Morgan fingerprint density at radius 3 is 2.81 bits per heavy atom. The van der Waals surface area contributed by atoms with Crippen molar-refractivity contribution in [3.8, 4) is 0 Å². The van der Waals surface area contributed by atoms with Crippen molar-refractivity contribution in [2.24, 2.45) is 5.92 Å². The molecule has 2 bridgehead atoms. The maximum Gasteiger partial charge on any atom is 0.257 e. The van der Waals surface area contributed by atoms with Crippen molar-refractivity contribution in [1.82, 2.24) is 14.7 Å². The molecule has 0 spiro atoms. The predicted molar refractivity (Wildman–Crippen MR) is 99.2 cm³/mol. The van der Waals surface area contributed by atoms with Gasteiger partial charge < -0.3 is 19.0 Å². The van der Waals surface area contributed by atoms with Gasteiger partial charge in [0.2, 0.25) is 5.91 Å². The fraction of sp³-hybridized carbons (Fsp3) is 0.700. The summed E-state index contributed by atoms with van der Waals surface area (Å²) in [6, 6.07) is 2.01. The summed E-state index contributed by atoms with van der Waals surface area (Å²) < 4.78 is 11.0. The van der Waals surface area contributed by atoms with Crippen molar-refractivity contribution in [3.05, 3.63) is 23.7 Å². The minimum absolute atomic E-state index is 0.0185. The molecule has 4 fully saturated rings. The maximum absolute atomic E-state index is 13.1. The second-order valence-electron chi connectivity index (χ2n) is 7.86. The molecule has 4 aliphatic rings. The molecule has 7 nitrogen and oxygen atoms in total. The monoisotopic (exact) mass is 375 g/mol. The second kappa shape index (κ2) is 8.02. The van der Waals surface area contributed by atoms with E-state index >= 15 is 0 Å². The highest BCUT2D eigenvalue weighted by Gasteiger charge is 2.41. The van der Waals surface area contributed by atoms with Crippen molar-refractivity contribution >= 4 is 11.8 Å². The van der Waals surface area contributed by atoms with E-state index in [9.17, 15) is 9.59 Å². The van der Waals surface area contributed by atoms with E-state index < -0.39 is 0 Å². The molecule has 148 valence electrons. The third-order valence-electron chi connectivity index (χ3n) is 5.93. The highest BCUT2D eigenvalue weighted by molar-refractivity contribution is 5.95. The number of carbonyl (C=O) groups is 2. The van der Waals surface area contributed by atoms with E-state index in [2.05, 4.69) is 11.8 Å². The van der Waals surface area contributed by atoms with Crippen LogP contribution in [0.2, 0.25) is 0 Å². The first kappa shape index (κ1) is 18.5. The summed E-state index contributed by atoms with van der Waals surface area (Å²) in [5.41, 5.74) is 0.592. The quantitative estimate of drug-likeness (QED) is 0.782. The molecule has 0 N–H and O–H groups in total. The zero-order valence-corrected chi connectivity index (χ0v) is 16.1. The first-order valence-electron chi connectivity index (χ1n) is 10.1. The SMILES string of the molecule is CCCN1C(=O)[C@H]2CC[C@@H]1CN(C(=O)c1coc(CN3CCOCC3)c1)C2. The van der Waals surface area contributed by atoms with E-state index in [1.165, 1.54) is 0 Å². The van der Waals surface area contributed by atoms with Gasteiger partial charge in [0.25, 0.3) is 5.91 Å². The van der Waals surface area contributed by atoms with Crippen LogP contribution in [0, 0.1) is 5.92 Å². The summed E-state index contributed by atoms with van der Waals surface area (Å²) in [7, 11) is 0. The molecular weight excluding hydrogens is 346 g/mol. The number of furan rings is 1. The Bertz CT molecular complexity index is 683. The van der Waals surface area contributed by atoms with Gasteiger partial charge in [-0.1, -0.05) is 6.92 Å². The smallest absolute Gasteiger partial charge is 0.257 e. The molecule has 5 rings (SSSR count). The minimum Gasteiger partial charge on any atom is -0.467 e. The fourth-order valence-electron chi connectivity index (χ4n) is 4.48. The van der Waals surface area contributed by atoms with Crippen LogP contribution in [0.25, 0.3) is 0 Å². The Morgan fingerprint density at radius 1 is 1.22 bits per heavy atom. The van der Waals surface area contributed by atoms with Crippen LogP contribution in [-0.2, 0) is 16.1 Å². The Labute approximate surface area is 160 Å². The molecule has 4 saturated heterocycles. The lowest BCUT2D eigenvalue weighted by Crippen LogP contribution is -2.48. The number of ether oxygens (including phenoxy) is 1. The number of nitrogens with zero attached hydrogens (tertiary/aromatic N) is 3. The lowest BCUT2D eigenvalue weighted by molar-refractivity contribution is -0.139. The third-order valence-corrected chi connectivity index (χ3v) is 5.93. The number of hydrogen-bond donors (Lipinski definition) is 0.